The third-order valence-corrected chi connectivity index (χ3v) is 13.0. The molecule has 0 saturated carbocycles. The second-order valence-electron chi connectivity index (χ2n) is 15.6. The number of benzene rings is 5. The molecule has 9 rings (SSSR count). The van der Waals surface area contributed by atoms with Gasteiger partial charge in [0.05, 0.1) is 27.6 Å². The summed E-state index contributed by atoms with van der Waals surface area (Å²) in [6, 6.07) is 39.6. The van der Waals surface area contributed by atoms with E-state index in [0.717, 1.165) is 60.5 Å². The number of nitrogens with zero attached hydrogens (tertiary/aromatic N) is 3. The molecule has 0 aliphatic carbocycles. The number of fused-ring (bicyclic) bond motifs is 1. The predicted octanol–water partition coefficient (Wildman–Crippen LogP) is 9.90. The molecule has 3 N–H and O–H groups in total. The molecule has 2 fully saturated rings. The second-order valence-corrected chi connectivity index (χ2v) is 17.2. The van der Waals surface area contributed by atoms with Crippen LogP contribution in [0.1, 0.15) is 47.6 Å². The van der Waals surface area contributed by atoms with Crippen molar-refractivity contribution in [3.8, 4) is 33.8 Å². The molecule has 62 heavy (non-hydrogen) atoms. The first-order chi connectivity index (χ1) is 30.2. The van der Waals surface area contributed by atoms with E-state index < -0.39 is 31.4 Å². The zero-order valence-corrected chi connectivity index (χ0v) is 34.5. The van der Waals surface area contributed by atoms with Gasteiger partial charge in [0, 0.05) is 49.6 Å². The zero-order valence-electron chi connectivity index (χ0n) is 33.7. The van der Waals surface area contributed by atoms with Crippen LogP contribution >= 0.6 is 0 Å². The summed E-state index contributed by atoms with van der Waals surface area (Å²) in [5, 5.41) is 16.0. The van der Waals surface area contributed by atoms with Crippen molar-refractivity contribution < 1.29 is 27.6 Å². The maximum atomic E-state index is 13.9. The van der Waals surface area contributed by atoms with Gasteiger partial charge in [0.15, 0.2) is 0 Å². The molecule has 314 valence electrons. The molecular formula is C48H44N6O7S. The van der Waals surface area contributed by atoms with E-state index >= 15 is 0 Å². The Hall–Kier alpha value is -7.03. The van der Waals surface area contributed by atoms with Gasteiger partial charge in [0.1, 0.15) is 22.8 Å². The molecule has 14 heteroatoms. The number of pyridine rings is 1. The molecule has 4 heterocycles. The lowest BCUT2D eigenvalue weighted by molar-refractivity contribution is -0.384. The molecular weight excluding hydrogens is 805 g/mol. The van der Waals surface area contributed by atoms with Crippen LogP contribution in [0.4, 0.5) is 17.1 Å². The van der Waals surface area contributed by atoms with Gasteiger partial charge in [-0.1, -0.05) is 72.8 Å². The van der Waals surface area contributed by atoms with Crippen LogP contribution in [0.2, 0.25) is 0 Å². The lowest BCUT2D eigenvalue weighted by atomic mass is 9.93. The summed E-state index contributed by atoms with van der Waals surface area (Å²) in [5.41, 5.74) is 6.74. The number of ether oxygens (including phenoxy) is 2. The first-order valence-electron chi connectivity index (χ1n) is 20.6. The summed E-state index contributed by atoms with van der Waals surface area (Å²) in [5.74, 6) is -0.285. The van der Waals surface area contributed by atoms with Gasteiger partial charge >= 0.3 is 0 Å². The van der Waals surface area contributed by atoms with Crippen molar-refractivity contribution in [1.82, 2.24) is 14.7 Å². The fourth-order valence-electron chi connectivity index (χ4n) is 8.41. The van der Waals surface area contributed by atoms with Crippen LogP contribution in [0, 0.1) is 16.0 Å². The Labute approximate surface area is 358 Å². The van der Waals surface area contributed by atoms with E-state index in [0.29, 0.717) is 31.2 Å². The summed E-state index contributed by atoms with van der Waals surface area (Å²) in [6.07, 6.45) is 7.00. The average Bonchev–Trinajstić information content (AvgIpc) is 3.99. The van der Waals surface area contributed by atoms with Crippen molar-refractivity contribution in [3.63, 3.8) is 0 Å². The maximum Gasteiger partial charge on any atom is 0.293 e. The Morgan fingerprint density at radius 1 is 0.871 bits per heavy atom. The first kappa shape index (κ1) is 40.4. The fraction of sp³-hybridized carbons (Fsp3) is 0.208. The molecule has 2 aliphatic rings. The van der Waals surface area contributed by atoms with E-state index in [9.17, 15) is 23.3 Å². The van der Waals surface area contributed by atoms with Crippen molar-refractivity contribution in [2.24, 2.45) is 5.92 Å². The van der Waals surface area contributed by atoms with Gasteiger partial charge in [0.2, 0.25) is 0 Å². The number of rotatable bonds is 13. The SMILES string of the molecule is O=C(NS(=O)(=O)c1ccc(NCC2CCOCC2)c([N+](=O)[O-])c1)c1ccc(-c2ccc(N3CCCC3c3ccccc3-c3ccccc3)cc2)cc1Oc1cnc2[nH]ccc2c1. The van der Waals surface area contributed by atoms with E-state index in [2.05, 4.69) is 85.6 Å². The molecule has 0 radical (unpaired) electrons. The number of carbonyl (C=O) groups excluding carboxylic acids is 1. The van der Waals surface area contributed by atoms with Crippen LogP contribution in [-0.2, 0) is 14.8 Å². The van der Waals surface area contributed by atoms with E-state index in [4.69, 9.17) is 9.47 Å². The average molecular weight is 849 g/mol. The standard InChI is InChI=1S/C48H44N6O7S/c55-48(52-62(58,59)39-17-19-43(45(29-39)54(56)57)50-30-32-21-25-60-26-22-32)42-18-14-35(28-46(42)61-38-27-36-20-23-49-47(36)51-31-38)33-12-15-37(16-13-33)53-24-6-11-44(53)41-10-5-4-9-40(41)34-7-2-1-3-8-34/h1-5,7-10,12-20,23,27-29,31-32,44,50H,6,11,21-22,24-26,30H2,(H,49,51)(H,52,55). The monoisotopic (exact) mass is 848 g/mol. The Kier molecular flexibility index (Phi) is 11.4. The normalized spacial score (nSPS) is 15.7. The number of hydrogen-bond donors (Lipinski definition) is 3. The largest absolute Gasteiger partial charge is 0.455 e. The smallest absolute Gasteiger partial charge is 0.293 e. The molecule has 1 amide bonds. The third kappa shape index (κ3) is 8.60. The number of H-pyrrole nitrogens is 1. The highest BCUT2D eigenvalue weighted by Gasteiger charge is 2.29. The summed E-state index contributed by atoms with van der Waals surface area (Å²) >= 11 is 0. The van der Waals surface area contributed by atoms with Crippen molar-refractivity contribution in [3.05, 3.63) is 161 Å². The van der Waals surface area contributed by atoms with E-state index in [1.807, 2.05) is 24.3 Å². The van der Waals surface area contributed by atoms with Crippen LogP contribution in [0.15, 0.2) is 145 Å². The topological polar surface area (TPSA) is 169 Å². The fourth-order valence-corrected chi connectivity index (χ4v) is 9.39. The summed E-state index contributed by atoms with van der Waals surface area (Å²) < 4.78 is 41.2. The van der Waals surface area contributed by atoms with Crippen LogP contribution < -0.4 is 19.7 Å². The van der Waals surface area contributed by atoms with Gasteiger partial charge in [-0.05, 0) is 108 Å². The van der Waals surface area contributed by atoms with Crippen LogP contribution in [-0.4, -0.2) is 55.5 Å². The first-order valence-corrected chi connectivity index (χ1v) is 22.1. The molecule has 2 aromatic heterocycles. The Balaban J connectivity index is 0.983. The third-order valence-electron chi connectivity index (χ3n) is 11.6. The van der Waals surface area contributed by atoms with E-state index in [-0.39, 0.29) is 29.0 Å². The summed E-state index contributed by atoms with van der Waals surface area (Å²) in [6.45, 7) is 2.64. The van der Waals surface area contributed by atoms with Crippen molar-refractivity contribution in [1.29, 1.82) is 0 Å². The minimum Gasteiger partial charge on any atom is -0.455 e. The molecule has 5 aromatic carbocycles. The summed E-state index contributed by atoms with van der Waals surface area (Å²) in [7, 11) is -4.57. The van der Waals surface area contributed by atoms with Gasteiger partial charge < -0.3 is 24.7 Å². The molecule has 0 bridgehead atoms. The number of sulfonamides is 1. The highest BCUT2D eigenvalue weighted by atomic mass is 32.2. The lowest BCUT2D eigenvalue weighted by Gasteiger charge is -2.29. The molecule has 2 aliphatic heterocycles. The van der Waals surface area contributed by atoms with Crippen LogP contribution in [0.25, 0.3) is 33.3 Å². The number of carbonyl (C=O) groups is 1. The van der Waals surface area contributed by atoms with E-state index in [1.54, 1.807) is 24.4 Å². The highest BCUT2D eigenvalue weighted by molar-refractivity contribution is 7.90. The van der Waals surface area contributed by atoms with Crippen LogP contribution in [0.5, 0.6) is 11.5 Å². The molecule has 13 nitrogen and oxygen atoms in total. The lowest BCUT2D eigenvalue weighted by Crippen LogP contribution is -2.31. The minimum atomic E-state index is -4.57. The maximum absolute atomic E-state index is 13.9. The zero-order chi connectivity index (χ0) is 42.6. The minimum absolute atomic E-state index is 0.0654. The molecule has 1 unspecified atom stereocenters. The molecule has 0 spiro atoms. The number of aromatic nitrogens is 2. The molecule has 2 saturated heterocycles. The number of aromatic amines is 1. The van der Waals surface area contributed by atoms with Crippen molar-refractivity contribution in [2.45, 2.75) is 36.6 Å². The number of anilines is 2. The molecule has 1 atom stereocenters. The van der Waals surface area contributed by atoms with E-state index in [1.165, 1.54) is 41.1 Å². The Morgan fingerprint density at radius 2 is 1.65 bits per heavy atom. The Morgan fingerprint density at radius 3 is 2.45 bits per heavy atom. The second kappa shape index (κ2) is 17.5. The number of nitrogens with one attached hydrogen (secondary N) is 3. The van der Waals surface area contributed by atoms with Gasteiger partial charge in [-0.25, -0.2) is 18.1 Å². The number of hydrogen-bond acceptors (Lipinski definition) is 10. The van der Waals surface area contributed by atoms with Gasteiger partial charge in [-0.3, -0.25) is 14.9 Å². The summed E-state index contributed by atoms with van der Waals surface area (Å²) in [4.78, 5) is 34.8. The number of nitro benzene ring substituents is 1. The van der Waals surface area contributed by atoms with Crippen molar-refractivity contribution >= 4 is 44.0 Å². The Bertz CT molecular complexity index is 2860. The van der Waals surface area contributed by atoms with Crippen LogP contribution in [0.3, 0.4) is 0 Å². The number of amides is 1. The van der Waals surface area contributed by atoms with Gasteiger partial charge in [-0.2, -0.15) is 0 Å². The van der Waals surface area contributed by atoms with Gasteiger partial charge in [-0.15, -0.1) is 0 Å². The quantitative estimate of drug-likeness (QED) is 0.0750. The molecule has 7 aromatic rings. The number of nitro groups is 1. The predicted molar refractivity (Wildman–Crippen MR) is 239 cm³/mol. The highest BCUT2D eigenvalue weighted by Crippen LogP contribution is 2.41. The van der Waals surface area contributed by atoms with Gasteiger partial charge in [0.25, 0.3) is 21.6 Å². The van der Waals surface area contributed by atoms with Crippen molar-refractivity contribution in [2.75, 3.05) is 36.5 Å².